The summed E-state index contributed by atoms with van der Waals surface area (Å²) in [5, 5.41) is 0. The van der Waals surface area contributed by atoms with E-state index in [0.717, 1.165) is 12.0 Å². The van der Waals surface area contributed by atoms with E-state index in [9.17, 15) is 4.79 Å². The third kappa shape index (κ3) is 3.27. The lowest BCUT2D eigenvalue weighted by atomic mass is 10.0. The molecule has 0 heterocycles. The quantitative estimate of drug-likeness (QED) is 0.598. The van der Waals surface area contributed by atoms with E-state index in [0.29, 0.717) is 17.2 Å². The number of hydrogen-bond acceptors (Lipinski definition) is 2. The van der Waals surface area contributed by atoms with Gasteiger partial charge in [-0.25, -0.2) is 4.79 Å². The minimum Gasteiger partial charge on any atom is -0.423 e. The van der Waals surface area contributed by atoms with E-state index in [1.807, 2.05) is 48.5 Å². The predicted octanol–water partition coefficient (Wildman–Crippen LogP) is 4.59. The number of carbonyl (C=O) groups excluding carboxylic acids is 1. The number of aryl methyl sites for hydroxylation is 1. The van der Waals surface area contributed by atoms with Crippen LogP contribution in [-0.4, -0.2) is 5.97 Å². The van der Waals surface area contributed by atoms with Crippen molar-refractivity contribution in [2.45, 2.75) is 33.1 Å². The van der Waals surface area contributed by atoms with Gasteiger partial charge in [0.25, 0.3) is 0 Å². The van der Waals surface area contributed by atoms with Gasteiger partial charge >= 0.3 is 5.97 Å². The third-order valence-electron chi connectivity index (χ3n) is 3.34. The van der Waals surface area contributed by atoms with Crippen LogP contribution in [0.4, 0.5) is 0 Å². The van der Waals surface area contributed by atoms with Crippen molar-refractivity contribution in [1.29, 1.82) is 0 Å². The third-order valence-corrected chi connectivity index (χ3v) is 3.34. The summed E-state index contributed by atoms with van der Waals surface area (Å²) in [4.78, 5) is 12.2. The average molecular weight is 268 g/mol. The van der Waals surface area contributed by atoms with Crippen molar-refractivity contribution < 1.29 is 9.53 Å². The molecule has 0 bridgehead atoms. The second kappa shape index (κ2) is 6.38. The van der Waals surface area contributed by atoms with Gasteiger partial charge in [-0.05, 0) is 41.7 Å². The van der Waals surface area contributed by atoms with Crippen molar-refractivity contribution in [1.82, 2.24) is 0 Å². The SMILES string of the molecule is CCc1ccc(C(=O)Oc2ccccc2C(C)C)cc1. The molecule has 0 amide bonds. The monoisotopic (exact) mass is 268 g/mol. The number of rotatable bonds is 4. The first-order chi connectivity index (χ1) is 9.61. The molecule has 0 aliphatic heterocycles. The predicted molar refractivity (Wildman–Crippen MR) is 81.3 cm³/mol. The van der Waals surface area contributed by atoms with Gasteiger partial charge in [-0.3, -0.25) is 0 Å². The topological polar surface area (TPSA) is 26.3 Å². The number of hydrogen-bond donors (Lipinski definition) is 0. The standard InChI is InChI=1S/C18H20O2/c1-4-14-9-11-15(12-10-14)18(19)20-17-8-6-5-7-16(17)13(2)3/h5-13H,4H2,1-3H3. The Morgan fingerprint density at radius 1 is 1.05 bits per heavy atom. The molecule has 20 heavy (non-hydrogen) atoms. The van der Waals surface area contributed by atoms with E-state index in [1.54, 1.807) is 0 Å². The summed E-state index contributed by atoms with van der Waals surface area (Å²) >= 11 is 0. The Bertz CT molecular complexity index is 583. The van der Waals surface area contributed by atoms with Crippen molar-refractivity contribution >= 4 is 5.97 Å². The van der Waals surface area contributed by atoms with Gasteiger partial charge < -0.3 is 4.74 Å². The second-order valence-electron chi connectivity index (χ2n) is 5.13. The van der Waals surface area contributed by atoms with Crippen LogP contribution in [0.1, 0.15) is 48.2 Å². The minimum absolute atomic E-state index is 0.305. The first kappa shape index (κ1) is 14.3. The fraction of sp³-hybridized carbons (Fsp3) is 0.278. The van der Waals surface area contributed by atoms with Gasteiger partial charge in [0.15, 0.2) is 0 Å². The molecule has 2 heteroatoms. The lowest BCUT2D eigenvalue weighted by Gasteiger charge is -2.12. The van der Waals surface area contributed by atoms with Gasteiger partial charge in [-0.15, -0.1) is 0 Å². The molecule has 0 saturated carbocycles. The van der Waals surface area contributed by atoms with Crippen LogP contribution in [-0.2, 0) is 6.42 Å². The van der Waals surface area contributed by atoms with Crippen molar-refractivity contribution in [3.8, 4) is 5.75 Å². The zero-order valence-corrected chi connectivity index (χ0v) is 12.2. The summed E-state index contributed by atoms with van der Waals surface area (Å²) in [5.74, 6) is 0.661. The Labute approximate surface area is 120 Å². The Morgan fingerprint density at radius 2 is 1.70 bits per heavy atom. The van der Waals surface area contributed by atoms with Gasteiger partial charge in [0.1, 0.15) is 5.75 Å². The number of esters is 1. The fourth-order valence-corrected chi connectivity index (χ4v) is 2.09. The molecule has 2 rings (SSSR count). The number of carbonyl (C=O) groups is 1. The van der Waals surface area contributed by atoms with Crippen LogP contribution in [0, 0.1) is 0 Å². The molecule has 0 aliphatic carbocycles. The number of para-hydroxylation sites is 1. The van der Waals surface area contributed by atoms with Gasteiger partial charge in [0.05, 0.1) is 5.56 Å². The van der Waals surface area contributed by atoms with Crippen LogP contribution in [0.3, 0.4) is 0 Å². The van der Waals surface area contributed by atoms with E-state index >= 15 is 0 Å². The molecule has 0 spiro atoms. The lowest BCUT2D eigenvalue weighted by Crippen LogP contribution is -2.10. The smallest absolute Gasteiger partial charge is 0.343 e. The molecule has 2 nitrogen and oxygen atoms in total. The van der Waals surface area contributed by atoms with E-state index in [1.165, 1.54) is 5.56 Å². The molecular formula is C18H20O2. The zero-order chi connectivity index (χ0) is 14.5. The Morgan fingerprint density at radius 3 is 2.30 bits per heavy atom. The second-order valence-corrected chi connectivity index (χ2v) is 5.13. The van der Waals surface area contributed by atoms with Crippen LogP contribution in [0.5, 0.6) is 5.75 Å². The highest BCUT2D eigenvalue weighted by molar-refractivity contribution is 5.91. The summed E-state index contributed by atoms with van der Waals surface area (Å²) in [6, 6.07) is 15.2. The molecule has 104 valence electrons. The number of ether oxygens (including phenoxy) is 1. The number of benzene rings is 2. The molecule has 0 saturated heterocycles. The minimum atomic E-state index is -0.305. The molecular weight excluding hydrogens is 248 g/mol. The molecule has 2 aromatic carbocycles. The van der Waals surface area contributed by atoms with Crippen LogP contribution in [0.15, 0.2) is 48.5 Å². The Kier molecular flexibility index (Phi) is 4.57. The van der Waals surface area contributed by atoms with E-state index in [-0.39, 0.29) is 5.97 Å². The molecule has 0 aliphatic rings. The molecule has 0 aromatic heterocycles. The highest BCUT2D eigenvalue weighted by Gasteiger charge is 2.12. The largest absolute Gasteiger partial charge is 0.423 e. The molecule has 0 atom stereocenters. The fourth-order valence-electron chi connectivity index (χ4n) is 2.09. The molecule has 0 radical (unpaired) electrons. The molecule has 0 fully saturated rings. The van der Waals surface area contributed by atoms with Crippen molar-refractivity contribution in [2.75, 3.05) is 0 Å². The summed E-state index contributed by atoms with van der Waals surface area (Å²) < 4.78 is 5.53. The Hall–Kier alpha value is -2.09. The van der Waals surface area contributed by atoms with E-state index < -0.39 is 0 Å². The molecule has 0 N–H and O–H groups in total. The first-order valence-corrected chi connectivity index (χ1v) is 7.02. The van der Waals surface area contributed by atoms with Crippen molar-refractivity contribution in [3.63, 3.8) is 0 Å². The van der Waals surface area contributed by atoms with Crippen molar-refractivity contribution in [3.05, 3.63) is 65.2 Å². The van der Waals surface area contributed by atoms with Crippen molar-refractivity contribution in [2.24, 2.45) is 0 Å². The molecule has 0 unspecified atom stereocenters. The van der Waals surface area contributed by atoms with E-state index in [2.05, 4.69) is 20.8 Å². The lowest BCUT2D eigenvalue weighted by molar-refractivity contribution is 0.0733. The Balaban J connectivity index is 2.19. The summed E-state index contributed by atoms with van der Waals surface area (Å²) in [5.41, 5.74) is 2.84. The van der Waals surface area contributed by atoms with Gasteiger partial charge in [-0.2, -0.15) is 0 Å². The van der Waals surface area contributed by atoms with Crippen LogP contribution >= 0.6 is 0 Å². The van der Waals surface area contributed by atoms with Gasteiger partial charge in [0, 0.05) is 0 Å². The maximum atomic E-state index is 12.2. The average Bonchev–Trinajstić information content (AvgIpc) is 2.47. The van der Waals surface area contributed by atoms with Crippen LogP contribution in [0.2, 0.25) is 0 Å². The summed E-state index contributed by atoms with van der Waals surface area (Å²) in [6.07, 6.45) is 0.964. The van der Waals surface area contributed by atoms with Gasteiger partial charge in [0.2, 0.25) is 0 Å². The maximum Gasteiger partial charge on any atom is 0.343 e. The summed E-state index contributed by atoms with van der Waals surface area (Å²) in [6.45, 7) is 6.26. The van der Waals surface area contributed by atoms with Crippen LogP contribution in [0.25, 0.3) is 0 Å². The normalized spacial score (nSPS) is 10.6. The molecule has 2 aromatic rings. The highest BCUT2D eigenvalue weighted by Crippen LogP contribution is 2.26. The highest BCUT2D eigenvalue weighted by atomic mass is 16.5. The van der Waals surface area contributed by atoms with E-state index in [4.69, 9.17) is 4.74 Å². The summed E-state index contributed by atoms with van der Waals surface area (Å²) in [7, 11) is 0. The zero-order valence-electron chi connectivity index (χ0n) is 12.2. The van der Waals surface area contributed by atoms with Gasteiger partial charge in [-0.1, -0.05) is 51.1 Å². The maximum absolute atomic E-state index is 12.2. The first-order valence-electron chi connectivity index (χ1n) is 7.02. The van der Waals surface area contributed by atoms with Crippen LogP contribution < -0.4 is 4.74 Å².